The second kappa shape index (κ2) is 5.74. The van der Waals surface area contributed by atoms with E-state index in [1.807, 2.05) is 22.6 Å². The quantitative estimate of drug-likeness (QED) is 0.574. The maximum atomic E-state index is 13.7. The molecule has 0 amide bonds. The Labute approximate surface area is 125 Å². The highest BCUT2D eigenvalue weighted by Gasteiger charge is 2.13. The number of benzene rings is 1. The third-order valence-electron chi connectivity index (χ3n) is 2.74. The number of nitrogens with zero attached hydrogens (tertiary/aromatic N) is 2. The fraction of sp³-hybridized carbons (Fsp3) is 0.462. The number of rotatable bonds is 4. The van der Waals surface area contributed by atoms with Crippen LogP contribution in [0.4, 0.5) is 4.39 Å². The molecule has 2 aromatic rings. The van der Waals surface area contributed by atoms with Gasteiger partial charge in [-0.25, -0.2) is 9.37 Å². The van der Waals surface area contributed by atoms with Gasteiger partial charge in [0.1, 0.15) is 11.6 Å². The molecule has 1 heterocycles. The molecule has 0 saturated heterocycles. The van der Waals surface area contributed by atoms with Crippen LogP contribution in [0.25, 0.3) is 11.0 Å². The molecule has 0 aliphatic rings. The molecule has 2 nitrogen and oxygen atoms in total. The predicted molar refractivity (Wildman–Crippen MR) is 81.7 cm³/mol. The number of hydrogen-bond acceptors (Lipinski definition) is 1. The zero-order chi connectivity index (χ0) is 13.3. The highest BCUT2D eigenvalue weighted by molar-refractivity contribution is 14.1. The molecule has 0 radical (unpaired) electrons. The minimum Gasteiger partial charge on any atom is -0.328 e. The van der Waals surface area contributed by atoms with E-state index in [2.05, 4.69) is 23.4 Å². The van der Waals surface area contributed by atoms with Crippen LogP contribution in [-0.4, -0.2) is 15.4 Å². The Kier molecular flexibility index (Phi) is 4.48. The van der Waals surface area contributed by atoms with Crippen LogP contribution in [0.5, 0.6) is 0 Å². The van der Waals surface area contributed by atoms with Gasteiger partial charge in [0.05, 0.1) is 14.6 Å². The molecule has 0 atom stereocenters. The smallest absolute Gasteiger partial charge is 0.138 e. The van der Waals surface area contributed by atoms with Crippen molar-refractivity contribution in [3.05, 3.63) is 27.3 Å². The molecule has 2 rings (SSSR count). The molecule has 0 unspecified atom stereocenters. The van der Waals surface area contributed by atoms with Gasteiger partial charge in [0.15, 0.2) is 0 Å². The highest BCUT2D eigenvalue weighted by atomic mass is 127. The summed E-state index contributed by atoms with van der Waals surface area (Å²) in [6.45, 7) is 5.11. The second-order valence-electron chi connectivity index (χ2n) is 4.73. The van der Waals surface area contributed by atoms with Gasteiger partial charge in [-0.15, -0.1) is 11.6 Å². The summed E-state index contributed by atoms with van der Waals surface area (Å²) in [4.78, 5) is 4.56. The Morgan fingerprint density at radius 1 is 1.44 bits per heavy atom. The maximum absolute atomic E-state index is 13.7. The molecule has 0 fully saturated rings. The van der Waals surface area contributed by atoms with E-state index in [1.54, 1.807) is 12.1 Å². The summed E-state index contributed by atoms with van der Waals surface area (Å²) in [5.74, 6) is 1.76. The molecule has 0 aliphatic carbocycles. The first kappa shape index (κ1) is 14.1. The Morgan fingerprint density at radius 2 is 2.17 bits per heavy atom. The van der Waals surface area contributed by atoms with Crippen LogP contribution in [-0.2, 0) is 13.0 Å². The Morgan fingerprint density at radius 3 is 2.78 bits per heavy atom. The maximum Gasteiger partial charge on any atom is 0.138 e. The van der Waals surface area contributed by atoms with E-state index in [0.29, 0.717) is 21.8 Å². The Balaban J connectivity index is 2.60. The van der Waals surface area contributed by atoms with Crippen molar-refractivity contribution in [3.63, 3.8) is 0 Å². The van der Waals surface area contributed by atoms with Crippen molar-refractivity contribution in [2.24, 2.45) is 5.92 Å². The van der Waals surface area contributed by atoms with Gasteiger partial charge >= 0.3 is 0 Å². The highest BCUT2D eigenvalue weighted by Crippen LogP contribution is 2.23. The van der Waals surface area contributed by atoms with Gasteiger partial charge in [-0.05, 0) is 34.6 Å². The molecule has 1 aromatic heterocycles. The Bertz CT molecular complexity index is 566. The number of fused-ring (bicyclic) bond motifs is 1. The lowest BCUT2D eigenvalue weighted by atomic mass is 10.2. The SMILES string of the molecule is CC(C)Cn1c(CCCl)nc2cc(I)c(F)cc21. The minimum atomic E-state index is -0.189. The zero-order valence-corrected chi connectivity index (χ0v) is 13.3. The number of alkyl halides is 1. The van der Waals surface area contributed by atoms with Crippen molar-refractivity contribution in [1.29, 1.82) is 0 Å². The predicted octanol–water partition coefficient (Wildman–Crippen LogP) is 4.22. The van der Waals surface area contributed by atoms with Crippen molar-refractivity contribution >= 4 is 45.2 Å². The van der Waals surface area contributed by atoms with E-state index in [9.17, 15) is 4.39 Å². The molecule has 1 aromatic carbocycles. The first-order valence-corrected chi connectivity index (χ1v) is 7.54. The van der Waals surface area contributed by atoms with Crippen molar-refractivity contribution in [3.8, 4) is 0 Å². The largest absolute Gasteiger partial charge is 0.328 e. The number of aromatic nitrogens is 2. The van der Waals surface area contributed by atoms with Gasteiger partial charge in [-0.2, -0.15) is 0 Å². The molecule has 0 bridgehead atoms. The fourth-order valence-electron chi connectivity index (χ4n) is 2.01. The minimum absolute atomic E-state index is 0.189. The summed E-state index contributed by atoms with van der Waals surface area (Å²) < 4.78 is 16.4. The molecule has 5 heteroatoms. The summed E-state index contributed by atoms with van der Waals surface area (Å²) in [5, 5.41) is 0. The molecule has 0 saturated carbocycles. The second-order valence-corrected chi connectivity index (χ2v) is 6.27. The third-order valence-corrected chi connectivity index (χ3v) is 3.75. The van der Waals surface area contributed by atoms with E-state index >= 15 is 0 Å². The van der Waals surface area contributed by atoms with Gasteiger partial charge < -0.3 is 4.57 Å². The fourth-order valence-corrected chi connectivity index (χ4v) is 2.63. The van der Waals surface area contributed by atoms with Gasteiger partial charge in [-0.3, -0.25) is 0 Å². The lowest BCUT2D eigenvalue weighted by molar-refractivity contribution is 0.518. The Hall–Kier alpha value is -0.360. The van der Waals surface area contributed by atoms with Crippen molar-refractivity contribution < 1.29 is 4.39 Å². The molecule has 18 heavy (non-hydrogen) atoms. The third kappa shape index (κ3) is 2.79. The van der Waals surface area contributed by atoms with Crippen LogP contribution in [0.2, 0.25) is 0 Å². The van der Waals surface area contributed by atoms with Crippen LogP contribution in [0, 0.1) is 15.3 Å². The lowest BCUT2D eigenvalue weighted by Gasteiger charge is -2.11. The van der Waals surface area contributed by atoms with Crippen LogP contribution in [0.1, 0.15) is 19.7 Å². The van der Waals surface area contributed by atoms with Crippen LogP contribution >= 0.6 is 34.2 Å². The standard InChI is InChI=1S/C13H15ClFIN2/c1-8(2)7-18-12-5-9(15)10(16)6-11(12)17-13(18)3-4-14/h5-6,8H,3-4,7H2,1-2H3. The first-order valence-electron chi connectivity index (χ1n) is 5.93. The van der Waals surface area contributed by atoms with E-state index in [1.165, 1.54) is 0 Å². The van der Waals surface area contributed by atoms with E-state index < -0.39 is 0 Å². The van der Waals surface area contributed by atoms with E-state index in [-0.39, 0.29) is 5.82 Å². The molecule has 0 spiro atoms. The van der Waals surface area contributed by atoms with Crippen LogP contribution < -0.4 is 0 Å². The van der Waals surface area contributed by atoms with Crippen LogP contribution in [0.15, 0.2) is 12.1 Å². The topological polar surface area (TPSA) is 17.8 Å². The van der Waals surface area contributed by atoms with Crippen LogP contribution in [0.3, 0.4) is 0 Å². The summed E-state index contributed by atoms with van der Waals surface area (Å²) in [5.41, 5.74) is 1.71. The van der Waals surface area contributed by atoms with Gasteiger partial charge in [0, 0.05) is 24.9 Å². The molecular weight excluding hydrogens is 366 g/mol. The summed E-state index contributed by atoms with van der Waals surface area (Å²) in [6, 6.07) is 3.37. The van der Waals surface area contributed by atoms with Crippen molar-refractivity contribution in [1.82, 2.24) is 9.55 Å². The zero-order valence-electron chi connectivity index (χ0n) is 10.4. The average molecular weight is 381 g/mol. The monoisotopic (exact) mass is 380 g/mol. The number of aryl methyl sites for hydroxylation is 1. The number of halogens is 3. The van der Waals surface area contributed by atoms with Gasteiger partial charge in [0.2, 0.25) is 0 Å². The lowest BCUT2D eigenvalue weighted by Crippen LogP contribution is -2.09. The van der Waals surface area contributed by atoms with Crippen molar-refractivity contribution in [2.75, 3.05) is 5.88 Å². The summed E-state index contributed by atoms with van der Waals surface area (Å²) in [6.07, 6.45) is 0.709. The average Bonchev–Trinajstić information content (AvgIpc) is 2.58. The van der Waals surface area contributed by atoms with Gasteiger partial charge in [-0.1, -0.05) is 13.8 Å². The molecular formula is C13H15ClFIN2. The molecule has 98 valence electrons. The number of hydrogen-bond donors (Lipinski definition) is 0. The van der Waals surface area contributed by atoms with Crippen molar-refractivity contribution in [2.45, 2.75) is 26.8 Å². The number of imidazole rings is 1. The molecule has 0 N–H and O–H groups in total. The summed E-state index contributed by atoms with van der Waals surface area (Å²) in [7, 11) is 0. The normalized spacial score (nSPS) is 11.7. The van der Waals surface area contributed by atoms with E-state index in [0.717, 1.165) is 23.4 Å². The summed E-state index contributed by atoms with van der Waals surface area (Å²) >= 11 is 7.80. The van der Waals surface area contributed by atoms with E-state index in [4.69, 9.17) is 11.6 Å². The molecule has 0 aliphatic heterocycles. The van der Waals surface area contributed by atoms with Gasteiger partial charge in [0.25, 0.3) is 0 Å². The first-order chi connectivity index (χ1) is 8.52.